The van der Waals surface area contributed by atoms with E-state index in [1.165, 1.54) is 11.1 Å². The highest BCUT2D eigenvalue weighted by Crippen LogP contribution is 2.20. The van der Waals surface area contributed by atoms with Crippen molar-refractivity contribution in [2.45, 2.75) is 26.5 Å². The van der Waals surface area contributed by atoms with E-state index in [4.69, 9.17) is 17.0 Å². The average Bonchev–Trinajstić information content (AvgIpc) is 2.63. The minimum atomic E-state index is -0.315. The largest absolute Gasteiger partial charge is 0.462 e. The predicted octanol–water partition coefficient (Wildman–Crippen LogP) is 4.70. The second-order valence-corrected chi connectivity index (χ2v) is 7.63. The molecule has 0 saturated carbocycles. The number of esters is 1. The molecule has 0 atom stereocenters. The molecule has 0 saturated heterocycles. The van der Waals surface area contributed by atoms with Crippen molar-refractivity contribution < 1.29 is 9.53 Å². The van der Waals surface area contributed by atoms with Gasteiger partial charge in [0.15, 0.2) is 5.11 Å². The van der Waals surface area contributed by atoms with Crippen LogP contribution >= 0.6 is 24.0 Å². The van der Waals surface area contributed by atoms with Crippen molar-refractivity contribution in [3.8, 4) is 0 Å². The molecule has 144 valence electrons. The van der Waals surface area contributed by atoms with Gasteiger partial charge in [0.25, 0.3) is 0 Å². The summed E-state index contributed by atoms with van der Waals surface area (Å²) >= 11 is 7.24. The van der Waals surface area contributed by atoms with Gasteiger partial charge >= 0.3 is 5.97 Å². The minimum absolute atomic E-state index is 0.315. The number of nitrogens with one attached hydrogen (secondary N) is 2. The van der Waals surface area contributed by atoms with Crippen LogP contribution in [0.2, 0.25) is 0 Å². The van der Waals surface area contributed by atoms with Gasteiger partial charge in [-0.2, -0.15) is 11.8 Å². The van der Waals surface area contributed by atoms with Crippen molar-refractivity contribution >= 4 is 40.7 Å². The van der Waals surface area contributed by atoms with Crippen molar-refractivity contribution in [2.75, 3.05) is 24.2 Å². The van der Waals surface area contributed by atoms with E-state index in [0.717, 1.165) is 29.3 Å². The number of hydrogen-bond acceptors (Lipinski definition) is 4. The fourth-order valence-corrected chi connectivity index (χ4v) is 3.61. The fraction of sp³-hybridized carbons (Fsp3) is 0.333. The summed E-state index contributed by atoms with van der Waals surface area (Å²) in [4.78, 5) is 12.0. The van der Waals surface area contributed by atoms with Gasteiger partial charge in [0.1, 0.15) is 0 Å². The molecule has 0 fully saturated rings. The highest BCUT2D eigenvalue weighted by Gasteiger charge is 2.13. The number of aryl methyl sites for hydroxylation is 1. The molecule has 0 aliphatic rings. The molecule has 0 aliphatic heterocycles. The number of carbonyl (C=O) groups excluding carboxylic acids is 1. The molecular weight excluding hydrogens is 376 g/mol. The molecule has 27 heavy (non-hydrogen) atoms. The monoisotopic (exact) mass is 402 g/mol. The molecule has 0 aromatic heterocycles. The lowest BCUT2D eigenvalue weighted by atomic mass is 10.1. The molecule has 0 amide bonds. The van der Waals surface area contributed by atoms with Gasteiger partial charge in [-0.1, -0.05) is 35.9 Å². The Morgan fingerprint density at radius 1 is 1.19 bits per heavy atom. The van der Waals surface area contributed by atoms with E-state index in [2.05, 4.69) is 41.8 Å². The van der Waals surface area contributed by atoms with Crippen LogP contribution in [0.1, 0.15) is 34.0 Å². The van der Waals surface area contributed by atoms with Gasteiger partial charge in [-0.15, -0.1) is 0 Å². The molecule has 2 aromatic carbocycles. The van der Waals surface area contributed by atoms with Crippen LogP contribution in [-0.2, 0) is 10.5 Å². The van der Waals surface area contributed by atoms with Crippen LogP contribution in [0.4, 0.5) is 5.69 Å². The first kappa shape index (κ1) is 21.3. The fourth-order valence-electron chi connectivity index (χ4n) is 2.60. The van der Waals surface area contributed by atoms with Crippen LogP contribution in [0.25, 0.3) is 0 Å². The molecule has 2 N–H and O–H groups in total. The van der Waals surface area contributed by atoms with Crippen LogP contribution < -0.4 is 10.6 Å². The quantitative estimate of drug-likeness (QED) is 0.379. The molecular formula is C21H26N2O2S2. The third kappa shape index (κ3) is 6.88. The molecule has 2 rings (SSSR count). The standard InChI is InChI=1S/C21H26N2O2S2/c1-4-25-20(24)18-9-6-10-19(16(18)3)23-21(26)22-11-12-27-14-17-8-5-7-15(2)13-17/h5-10,13H,4,11-12,14H2,1-3H3,(H2,22,23,26). The summed E-state index contributed by atoms with van der Waals surface area (Å²) in [5, 5.41) is 6.93. The lowest BCUT2D eigenvalue weighted by molar-refractivity contribution is 0.0525. The maximum atomic E-state index is 12.0. The summed E-state index contributed by atoms with van der Waals surface area (Å²) in [7, 11) is 0. The van der Waals surface area contributed by atoms with Crippen molar-refractivity contribution in [3.63, 3.8) is 0 Å². The number of rotatable bonds is 8. The molecule has 0 radical (unpaired) electrons. The van der Waals surface area contributed by atoms with Crippen molar-refractivity contribution in [2.24, 2.45) is 0 Å². The zero-order valence-electron chi connectivity index (χ0n) is 16.0. The van der Waals surface area contributed by atoms with Gasteiger partial charge in [0.2, 0.25) is 0 Å². The number of carbonyl (C=O) groups is 1. The minimum Gasteiger partial charge on any atom is -0.462 e. The summed E-state index contributed by atoms with van der Waals surface area (Å²) in [6, 6.07) is 14.1. The van der Waals surface area contributed by atoms with Crippen LogP contribution in [-0.4, -0.2) is 30.0 Å². The zero-order chi connectivity index (χ0) is 19.6. The lowest BCUT2D eigenvalue weighted by Gasteiger charge is -2.14. The molecule has 6 heteroatoms. The first-order valence-electron chi connectivity index (χ1n) is 8.96. The van der Waals surface area contributed by atoms with Crippen LogP contribution in [0.3, 0.4) is 0 Å². The van der Waals surface area contributed by atoms with Gasteiger partial charge < -0.3 is 15.4 Å². The van der Waals surface area contributed by atoms with Gasteiger partial charge in [-0.3, -0.25) is 0 Å². The Labute approximate surface area is 171 Å². The second-order valence-electron chi connectivity index (χ2n) is 6.12. The summed E-state index contributed by atoms with van der Waals surface area (Å²) < 4.78 is 5.09. The Morgan fingerprint density at radius 2 is 1.96 bits per heavy atom. The van der Waals surface area contributed by atoms with Gasteiger partial charge in [-0.05, 0) is 56.2 Å². The van der Waals surface area contributed by atoms with E-state index in [-0.39, 0.29) is 5.97 Å². The first-order chi connectivity index (χ1) is 13.0. The summed E-state index contributed by atoms with van der Waals surface area (Å²) in [5.41, 5.74) is 4.82. The molecule has 0 bridgehead atoms. The van der Waals surface area contributed by atoms with Crippen molar-refractivity contribution in [3.05, 3.63) is 64.7 Å². The third-order valence-electron chi connectivity index (χ3n) is 3.96. The van der Waals surface area contributed by atoms with Gasteiger partial charge in [0, 0.05) is 23.7 Å². The average molecular weight is 403 g/mol. The van der Waals surface area contributed by atoms with E-state index >= 15 is 0 Å². The zero-order valence-corrected chi connectivity index (χ0v) is 17.6. The van der Waals surface area contributed by atoms with Crippen molar-refractivity contribution in [1.82, 2.24) is 5.32 Å². The smallest absolute Gasteiger partial charge is 0.338 e. The Bertz CT molecular complexity index is 794. The number of benzene rings is 2. The number of hydrogen-bond donors (Lipinski definition) is 2. The number of thiocarbonyl (C=S) groups is 1. The third-order valence-corrected chi connectivity index (χ3v) is 5.24. The van der Waals surface area contributed by atoms with Gasteiger partial charge in [-0.25, -0.2) is 4.79 Å². The Balaban J connectivity index is 1.77. The molecule has 0 heterocycles. The lowest BCUT2D eigenvalue weighted by Crippen LogP contribution is -2.30. The molecule has 4 nitrogen and oxygen atoms in total. The number of thioether (sulfide) groups is 1. The van der Waals surface area contributed by atoms with Crippen LogP contribution in [0.5, 0.6) is 0 Å². The van der Waals surface area contributed by atoms with E-state index in [1.807, 2.05) is 30.8 Å². The Hall–Kier alpha value is -2.05. The Morgan fingerprint density at radius 3 is 2.70 bits per heavy atom. The molecule has 0 spiro atoms. The summed E-state index contributed by atoms with van der Waals surface area (Å²) in [6.45, 7) is 6.92. The first-order valence-corrected chi connectivity index (χ1v) is 10.5. The van der Waals surface area contributed by atoms with Crippen molar-refractivity contribution in [1.29, 1.82) is 0 Å². The summed E-state index contributed by atoms with van der Waals surface area (Å²) in [6.07, 6.45) is 0. The van der Waals surface area contributed by atoms with Crippen LogP contribution in [0.15, 0.2) is 42.5 Å². The van der Waals surface area contributed by atoms with E-state index in [9.17, 15) is 4.79 Å². The van der Waals surface area contributed by atoms with Gasteiger partial charge in [0.05, 0.1) is 12.2 Å². The predicted molar refractivity (Wildman–Crippen MR) is 119 cm³/mol. The summed E-state index contributed by atoms with van der Waals surface area (Å²) in [5.74, 6) is 1.63. The maximum absolute atomic E-state index is 12.0. The maximum Gasteiger partial charge on any atom is 0.338 e. The topological polar surface area (TPSA) is 50.4 Å². The molecule has 0 unspecified atom stereocenters. The second kappa shape index (κ2) is 10.9. The Kier molecular flexibility index (Phi) is 8.61. The van der Waals surface area contributed by atoms with Crippen LogP contribution in [0, 0.1) is 13.8 Å². The SMILES string of the molecule is CCOC(=O)c1cccc(NC(=S)NCCSCc2cccc(C)c2)c1C. The van der Waals surface area contributed by atoms with E-state index in [0.29, 0.717) is 17.3 Å². The number of ether oxygens (including phenoxy) is 1. The highest BCUT2D eigenvalue weighted by molar-refractivity contribution is 7.98. The highest BCUT2D eigenvalue weighted by atomic mass is 32.2. The molecule has 0 aliphatic carbocycles. The van der Waals surface area contributed by atoms with E-state index in [1.54, 1.807) is 13.0 Å². The number of anilines is 1. The normalized spacial score (nSPS) is 10.3. The van der Waals surface area contributed by atoms with E-state index < -0.39 is 0 Å². The molecule has 2 aromatic rings.